The molecule has 3 rings (SSSR count). The average molecular weight is 375 g/mol. The lowest BCUT2D eigenvalue weighted by molar-refractivity contribution is -0.147. The number of amides is 3. The van der Waals surface area contributed by atoms with Crippen LogP contribution in [0.15, 0.2) is 36.4 Å². The summed E-state index contributed by atoms with van der Waals surface area (Å²) in [5.74, 6) is -1.31. The van der Waals surface area contributed by atoms with Crippen molar-refractivity contribution in [3.8, 4) is 0 Å². The van der Waals surface area contributed by atoms with Crippen molar-refractivity contribution in [2.45, 2.75) is 39.2 Å². The van der Waals surface area contributed by atoms with Gasteiger partial charge >= 0.3 is 0 Å². The summed E-state index contributed by atoms with van der Waals surface area (Å²) in [6.07, 6.45) is 5.45. The van der Waals surface area contributed by atoms with E-state index in [1.54, 1.807) is 24.3 Å². The number of allylic oxidation sites excluding steroid dienone is 2. The molecule has 0 radical (unpaired) electrons. The van der Waals surface area contributed by atoms with Gasteiger partial charge in [-0.1, -0.05) is 43.7 Å². The van der Waals surface area contributed by atoms with Crippen LogP contribution in [0.25, 0.3) is 0 Å². The molecule has 26 heavy (non-hydrogen) atoms. The van der Waals surface area contributed by atoms with Gasteiger partial charge in [-0.2, -0.15) is 0 Å². The Bertz CT molecular complexity index is 733. The molecule has 1 fully saturated rings. The molecule has 0 saturated carbocycles. The Morgan fingerprint density at radius 2 is 1.81 bits per heavy atom. The number of fused-ring (bicyclic) bond motifs is 1. The van der Waals surface area contributed by atoms with Crippen molar-refractivity contribution >= 4 is 35.0 Å². The third kappa shape index (κ3) is 3.68. The minimum atomic E-state index is -0.806. The predicted molar refractivity (Wildman–Crippen MR) is 101 cm³/mol. The van der Waals surface area contributed by atoms with Crippen molar-refractivity contribution in [2.75, 3.05) is 5.32 Å². The van der Waals surface area contributed by atoms with Crippen LogP contribution in [0.3, 0.4) is 0 Å². The predicted octanol–water partition coefficient (Wildman–Crippen LogP) is 3.64. The molecule has 1 aliphatic carbocycles. The van der Waals surface area contributed by atoms with Crippen LogP contribution in [0.2, 0.25) is 5.02 Å². The molecule has 0 spiro atoms. The lowest BCUT2D eigenvalue weighted by Gasteiger charge is -2.27. The van der Waals surface area contributed by atoms with Crippen LogP contribution >= 0.6 is 11.6 Å². The summed E-state index contributed by atoms with van der Waals surface area (Å²) in [6, 6.07) is 6.02. The first-order chi connectivity index (χ1) is 12.4. The largest absolute Gasteiger partial charge is 0.324 e. The van der Waals surface area contributed by atoms with Gasteiger partial charge in [-0.25, -0.2) is 0 Å². The number of rotatable bonds is 5. The maximum atomic E-state index is 12.9. The van der Waals surface area contributed by atoms with Crippen LogP contribution in [0.4, 0.5) is 5.69 Å². The molecule has 3 amide bonds. The second-order valence-corrected chi connectivity index (χ2v) is 7.78. The van der Waals surface area contributed by atoms with E-state index in [0.29, 0.717) is 30.0 Å². The second-order valence-electron chi connectivity index (χ2n) is 7.35. The zero-order valence-electron chi connectivity index (χ0n) is 14.9. The fourth-order valence-electron chi connectivity index (χ4n) is 3.70. The smallest absolute Gasteiger partial charge is 0.247 e. The number of carbonyl (C=O) groups excluding carboxylic acids is 3. The number of nitrogens with one attached hydrogen (secondary N) is 1. The van der Waals surface area contributed by atoms with E-state index in [4.69, 9.17) is 11.6 Å². The molecular formula is C20H23ClN2O3. The summed E-state index contributed by atoms with van der Waals surface area (Å²) in [6.45, 7) is 3.94. The zero-order chi connectivity index (χ0) is 18.8. The van der Waals surface area contributed by atoms with Crippen molar-refractivity contribution in [1.82, 2.24) is 4.90 Å². The summed E-state index contributed by atoms with van der Waals surface area (Å²) in [5, 5.41) is 3.31. The van der Waals surface area contributed by atoms with E-state index >= 15 is 0 Å². The van der Waals surface area contributed by atoms with Gasteiger partial charge in [0.05, 0.1) is 11.8 Å². The molecule has 0 aromatic heterocycles. The Morgan fingerprint density at radius 3 is 2.35 bits per heavy atom. The number of carbonyl (C=O) groups is 3. The monoisotopic (exact) mass is 374 g/mol. The summed E-state index contributed by atoms with van der Waals surface area (Å²) in [4.78, 5) is 39.8. The minimum absolute atomic E-state index is 0.159. The van der Waals surface area contributed by atoms with Crippen molar-refractivity contribution in [3.63, 3.8) is 0 Å². The van der Waals surface area contributed by atoms with Gasteiger partial charge in [0.1, 0.15) is 6.04 Å². The van der Waals surface area contributed by atoms with Crippen molar-refractivity contribution in [3.05, 3.63) is 41.4 Å². The molecule has 0 bridgehead atoms. The summed E-state index contributed by atoms with van der Waals surface area (Å²) in [7, 11) is 0. The van der Waals surface area contributed by atoms with E-state index in [9.17, 15) is 14.4 Å². The average Bonchev–Trinajstić information content (AvgIpc) is 2.84. The molecule has 3 atom stereocenters. The fourth-order valence-corrected chi connectivity index (χ4v) is 3.89. The van der Waals surface area contributed by atoms with E-state index in [0.717, 1.165) is 0 Å². The molecule has 5 nitrogen and oxygen atoms in total. The molecule has 1 aliphatic heterocycles. The van der Waals surface area contributed by atoms with E-state index < -0.39 is 6.04 Å². The lowest BCUT2D eigenvalue weighted by Crippen LogP contribution is -2.48. The van der Waals surface area contributed by atoms with E-state index in [1.807, 2.05) is 26.0 Å². The maximum absolute atomic E-state index is 12.9. The van der Waals surface area contributed by atoms with E-state index in [1.165, 1.54) is 4.90 Å². The van der Waals surface area contributed by atoms with Gasteiger partial charge in [0.15, 0.2) is 0 Å². The Morgan fingerprint density at radius 1 is 1.19 bits per heavy atom. The number of benzene rings is 1. The highest BCUT2D eigenvalue weighted by Crippen LogP contribution is 2.37. The second kappa shape index (κ2) is 7.62. The first kappa shape index (κ1) is 18.6. The Balaban J connectivity index is 1.84. The lowest BCUT2D eigenvalue weighted by atomic mass is 9.85. The molecule has 1 aromatic carbocycles. The molecule has 3 unspecified atom stereocenters. The standard InChI is InChI=1S/C20H23ClN2O3/c1-12(2)10-17(18(24)22-14-7-5-6-13(21)11-14)23-19(25)15-8-3-4-9-16(15)20(23)26/h3-7,11-12,15-17H,8-10H2,1-2H3,(H,22,24). The Hall–Kier alpha value is -2.14. The van der Waals surface area contributed by atoms with Crippen LogP contribution in [-0.4, -0.2) is 28.7 Å². The molecule has 6 heteroatoms. The third-order valence-corrected chi connectivity index (χ3v) is 5.18. The number of anilines is 1. The van der Waals surface area contributed by atoms with Crippen LogP contribution in [0.1, 0.15) is 33.1 Å². The fraction of sp³-hybridized carbons (Fsp3) is 0.450. The van der Waals surface area contributed by atoms with Crippen LogP contribution in [0, 0.1) is 17.8 Å². The maximum Gasteiger partial charge on any atom is 0.247 e. The molecule has 2 aliphatic rings. The van der Waals surface area contributed by atoms with Gasteiger partial charge in [0.25, 0.3) is 0 Å². The van der Waals surface area contributed by atoms with Crippen LogP contribution < -0.4 is 5.32 Å². The SMILES string of the molecule is CC(C)CC(C(=O)Nc1cccc(Cl)c1)N1C(=O)C2CC=CCC2C1=O. The molecule has 1 saturated heterocycles. The van der Waals surface area contributed by atoms with Gasteiger partial charge in [0, 0.05) is 10.7 Å². The zero-order valence-corrected chi connectivity index (χ0v) is 15.7. The van der Waals surface area contributed by atoms with E-state index in [2.05, 4.69) is 5.32 Å². The normalized spacial score (nSPS) is 23.3. The first-order valence-corrected chi connectivity index (χ1v) is 9.34. The van der Waals surface area contributed by atoms with Gasteiger partial charge in [0.2, 0.25) is 17.7 Å². The first-order valence-electron chi connectivity index (χ1n) is 8.97. The highest BCUT2D eigenvalue weighted by atomic mass is 35.5. The quantitative estimate of drug-likeness (QED) is 0.632. The highest BCUT2D eigenvalue weighted by Gasteiger charge is 2.51. The highest BCUT2D eigenvalue weighted by molar-refractivity contribution is 6.30. The molecule has 1 aromatic rings. The number of hydrogen-bond donors (Lipinski definition) is 1. The number of hydrogen-bond acceptors (Lipinski definition) is 3. The Kier molecular flexibility index (Phi) is 5.47. The van der Waals surface area contributed by atoms with Crippen molar-refractivity contribution in [2.24, 2.45) is 17.8 Å². The number of imide groups is 1. The van der Waals surface area contributed by atoms with Gasteiger partial charge in [-0.05, 0) is 43.4 Å². The number of nitrogens with zero attached hydrogens (tertiary/aromatic N) is 1. The van der Waals surface area contributed by atoms with Gasteiger partial charge in [-0.3, -0.25) is 19.3 Å². The summed E-state index contributed by atoms with van der Waals surface area (Å²) in [5.41, 5.74) is 0.550. The topological polar surface area (TPSA) is 66.5 Å². The van der Waals surface area contributed by atoms with Gasteiger partial charge in [-0.15, -0.1) is 0 Å². The molecule has 138 valence electrons. The van der Waals surface area contributed by atoms with Crippen LogP contribution in [0.5, 0.6) is 0 Å². The number of halogens is 1. The summed E-state index contributed by atoms with van der Waals surface area (Å²) < 4.78 is 0. The summed E-state index contributed by atoms with van der Waals surface area (Å²) >= 11 is 5.97. The minimum Gasteiger partial charge on any atom is -0.324 e. The molecule has 1 heterocycles. The van der Waals surface area contributed by atoms with Crippen LogP contribution in [-0.2, 0) is 14.4 Å². The Labute approximate surface area is 158 Å². The van der Waals surface area contributed by atoms with E-state index in [-0.39, 0.29) is 35.5 Å². The van der Waals surface area contributed by atoms with Crippen molar-refractivity contribution < 1.29 is 14.4 Å². The number of likely N-dealkylation sites (tertiary alicyclic amines) is 1. The molecular weight excluding hydrogens is 352 g/mol. The third-order valence-electron chi connectivity index (χ3n) is 4.94. The van der Waals surface area contributed by atoms with Crippen molar-refractivity contribution in [1.29, 1.82) is 0 Å². The molecule has 1 N–H and O–H groups in total. The van der Waals surface area contributed by atoms with Gasteiger partial charge < -0.3 is 5.32 Å².